The van der Waals surface area contributed by atoms with Crippen molar-refractivity contribution in [1.29, 1.82) is 0 Å². The summed E-state index contributed by atoms with van der Waals surface area (Å²) in [6.45, 7) is 1.25. The summed E-state index contributed by atoms with van der Waals surface area (Å²) >= 11 is 3.42. The van der Waals surface area contributed by atoms with Crippen molar-refractivity contribution in [3.8, 4) is 11.5 Å². The van der Waals surface area contributed by atoms with Crippen molar-refractivity contribution in [2.45, 2.75) is 27.7 Å². The van der Waals surface area contributed by atoms with E-state index in [1.807, 2.05) is 26.0 Å². The molecule has 0 radical (unpaired) electrons. The maximum absolute atomic E-state index is 13.0. The Morgan fingerprint density at radius 2 is 1.12 bits per heavy atom. The average molecular weight is 538 g/mol. The summed E-state index contributed by atoms with van der Waals surface area (Å²) in [5.41, 5.74) is 2.22. The van der Waals surface area contributed by atoms with Gasteiger partial charge in [0.15, 0.2) is 0 Å². The summed E-state index contributed by atoms with van der Waals surface area (Å²) in [5.74, 6) is 0.445. The van der Waals surface area contributed by atoms with Gasteiger partial charge in [0.2, 0.25) is 0 Å². The zero-order valence-corrected chi connectivity index (χ0v) is 22.1. The van der Waals surface area contributed by atoms with Crippen molar-refractivity contribution >= 4 is 26.9 Å². The lowest BCUT2D eigenvalue weighted by Crippen LogP contribution is -2.37. The molecule has 0 heterocycles. The Morgan fingerprint density at radius 3 is 1.35 bits per heavy atom. The zero-order valence-electron chi connectivity index (χ0n) is 19.4. The highest BCUT2D eigenvalue weighted by molar-refractivity contribution is 8.44. The Hall–Kier alpha value is -1.39. The second kappa shape index (κ2) is 13.1. The monoisotopic (exact) mass is 538 g/mol. The maximum atomic E-state index is 13.0. The summed E-state index contributed by atoms with van der Waals surface area (Å²) < 4.78 is 40.0. The van der Waals surface area contributed by atoms with Gasteiger partial charge in [-0.15, -0.1) is 0 Å². The Balaban J connectivity index is 0.000000546. The van der Waals surface area contributed by atoms with E-state index in [2.05, 4.69) is 12.2 Å². The topological polar surface area (TPSA) is 163 Å². The molecule has 10 nitrogen and oxygen atoms in total. The summed E-state index contributed by atoms with van der Waals surface area (Å²) in [4.78, 5) is 9.40. The van der Waals surface area contributed by atoms with Crippen LogP contribution in [-0.4, -0.2) is 51.7 Å². The van der Waals surface area contributed by atoms with E-state index in [0.29, 0.717) is 11.1 Å². The van der Waals surface area contributed by atoms with E-state index in [9.17, 15) is 14.0 Å². The molecule has 1 atom stereocenters. The number of aliphatic hydroxyl groups is 4. The fourth-order valence-electron chi connectivity index (χ4n) is 2.53. The number of aryl methyl sites for hydroxylation is 4. The molecule has 0 aliphatic carbocycles. The fourth-order valence-corrected chi connectivity index (χ4v) is 5.57. The first-order valence-electron chi connectivity index (χ1n) is 10.1. The molecular formula is C21H32O10P2S. The Labute approximate surface area is 204 Å². The van der Waals surface area contributed by atoms with Crippen LogP contribution in [0.3, 0.4) is 0 Å². The lowest BCUT2D eigenvalue weighted by atomic mass is 9.93. The number of benzene rings is 2. The smallest absolute Gasteiger partial charge is 0.396 e. The highest BCUT2D eigenvalue weighted by Gasteiger charge is 2.39. The standard InChI is InChI=1S/C16H20O6P2S.C5H12O4/c1-11-5-7-15(13(3)9-11)20-24(19,22-23(17,18)25)21-16-8-6-12(2)10-14(16)4;6-1-5(2-7,3-8)4-9/h5-10H,1-4H3,(H2,17,18,25);6-9H,1-4H2. The lowest BCUT2D eigenvalue weighted by Gasteiger charge is -2.23. The number of phosphoric acid groups is 1. The van der Waals surface area contributed by atoms with E-state index in [1.54, 1.807) is 38.1 Å². The van der Waals surface area contributed by atoms with E-state index >= 15 is 0 Å². The van der Waals surface area contributed by atoms with E-state index in [-0.39, 0.29) is 11.5 Å². The second-order valence-electron chi connectivity index (χ2n) is 7.87. The van der Waals surface area contributed by atoms with Gasteiger partial charge >= 0.3 is 14.6 Å². The number of thiol groups is 1. The van der Waals surface area contributed by atoms with E-state index in [4.69, 9.17) is 33.8 Å². The molecule has 13 heteroatoms. The molecule has 0 saturated carbocycles. The van der Waals surface area contributed by atoms with Crippen molar-refractivity contribution in [2.75, 3.05) is 26.4 Å². The van der Waals surface area contributed by atoms with Crippen LogP contribution in [0.4, 0.5) is 0 Å². The maximum Gasteiger partial charge on any atom is 0.595 e. The van der Waals surface area contributed by atoms with Gasteiger partial charge in [-0.05, 0) is 51.0 Å². The molecular weight excluding hydrogens is 506 g/mol. The molecule has 0 spiro atoms. The largest absolute Gasteiger partial charge is 0.595 e. The third-order valence-electron chi connectivity index (χ3n) is 4.63. The first-order valence-corrected chi connectivity index (χ1v) is 14.2. The van der Waals surface area contributed by atoms with Crippen LogP contribution in [0.15, 0.2) is 36.4 Å². The van der Waals surface area contributed by atoms with Crippen LogP contribution in [0.5, 0.6) is 11.5 Å². The summed E-state index contributed by atoms with van der Waals surface area (Å²) in [6, 6.07) is 10.3. The molecule has 0 aliphatic heterocycles. The number of hydrogen-bond acceptors (Lipinski definition) is 9. The molecule has 2 aromatic rings. The van der Waals surface area contributed by atoms with Gasteiger partial charge in [0.05, 0.1) is 31.8 Å². The van der Waals surface area contributed by atoms with Crippen LogP contribution in [0.25, 0.3) is 0 Å². The zero-order chi connectivity index (χ0) is 26.2. The second-order valence-corrected chi connectivity index (χ2v) is 12.3. The molecule has 2 rings (SSSR count). The van der Waals surface area contributed by atoms with Gasteiger partial charge in [0.25, 0.3) is 0 Å². The minimum absolute atomic E-state index is 0.223. The van der Waals surface area contributed by atoms with E-state index in [0.717, 1.165) is 11.1 Å². The molecule has 1 unspecified atom stereocenters. The molecule has 5 N–H and O–H groups in total. The van der Waals surface area contributed by atoms with Crippen molar-refractivity contribution in [1.82, 2.24) is 0 Å². The highest BCUT2D eigenvalue weighted by atomic mass is 32.7. The average Bonchev–Trinajstić information content (AvgIpc) is 2.74. The molecule has 2 aromatic carbocycles. The predicted octanol–water partition coefficient (Wildman–Crippen LogP) is 3.47. The van der Waals surface area contributed by atoms with Crippen molar-refractivity contribution < 1.29 is 47.8 Å². The van der Waals surface area contributed by atoms with Crippen LogP contribution >= 0.6 is 26.9 Å². The van der Waals surface area contributed by atoms with Gasteiger partial charge in [-0.2, -0.15) is 4.31 Å². The van der Waals surface area contributed by atoms with Gasteiger partial charge in [-0.25, -0.2) is 9.13 Å². The third kappa shape index (κ3) is 9.70. The molecule has 0 fully saturated rings. The van der Waals surface area contributed by atoms with Crippen LogP contribution in [-0.2, 0) is 13.4 Å². The number of hydrogen-bond donors (Lipinski definition) is 6. The lowest BCUT2D eigenvalue weighted by molar-refractivity contribution is -0.0328. The van der Waals surface area contributed by atoms with E-state index < -0.39 is 46.5 Å². The summed E-state index contributed by atoms with van der Waals surface area (Å²) in [6.07, 6.45) is 0. The Bertz CT molecular complexity index is 961. The molecule has 0 aromatic heterocycles. The number of rotatable bonds is 10. The van der Waals surface area contributed by atoms with Crippen LogP contribution in [0, 0.1) is 33.1 Å². The quantitative estimate of drug-likeness (QED) is 0.195. The van der Waals surface area contributed by atoms with Gasteiger partial charge in [0.1, 0.15) is 11.5 Å². The third-order valence-corrected chi connectivity index (χ3v) is 7.78. The minimum Gasteiger partial charge on any atom is -0.396 e. The van der Waals surface area contributed by atoms with Gasteiger partial charge < -0.3 is 34.4 Å². The Kier molecular flexibility index (Phi) is 11.8. The molecule has 192 valence electrons. The van der Waals surface area contributed by atoms with Crippen LogP contribution in [0.2, 0.25) is 0 Å². The summed E-state index contributed by atoms with van der Waals surface area (Å²) in [5, 5.41) is 34.0. The number of phosphoric ester groups is 1. The van der Waals surface area contributed by atoms with Crippen molar-refractivity contribution in [3.05, 3.63) is 58.7 Å². The molecule has 34 heavy (non-hydrogen) atoms. The summed E-state index contributed by atoms with van der Waals surface area (Å²) in [7, 11) is -4.46. The van der Waals surface area contributed by atoms with Gasteiger partial charge in [-0.3, -0.25) is 0 Å². The van der Waals surface area contributed by atoms with E-state index in [1.165, 1.54) is 0 Å². The van der Waals surface area contributed by atoms with Crippen molar-refractivity contribution in [2.24, 2.45) is 5.41 Å². The predicted molar refractivity (Wildman–Crippen MR) is 131 cm³/mol. The van der Waals surface area contributed by atoms with Crippen molar-refractivity contribution in [3.63, 3.8) is 0 Å². The molecule has 0 amide bonds. The Morgan fingerprint density at radius 1 is 0.765 bits per heavy atom. The minimum atomic E-state index is -4.46. The SMILES string of the molecule is Cc1ccc(OP(=O)(Oc2ccc(C)cc2C)OP(=O)(O)S)c(C)c1.OCC(CO)(CO)CO. The molecule has 0 aliphatic rings. The highest BCUT2D eigenvalue weighted by Crippen LogP contribution is 2.64. The van der Waals surface area contributed by atoms with Gasteiger partial charge in [0, 0.05) is 0 Å². The molecule has 0 saturated heterocycles. The molecule has 0 bridgehead atoms. The number of aliphatic hydroxyl groups excluding tert-OH is 4. The van der Waals surface area contributed by atoms with Gasteiger partial charge in [-0.1, -0.05) is 47.6 Å². The fraction of sp³-hybridized carbons (Fsp3) is 0.429. The van der Waals surface area contributed by atoms with Crippen LogP contribution in [0.1, 0.15) is 22.3 Å². The van der Waals surface area contributed by atoms with Crippen LogP contribution < -0.4 is 9.05 Å². The first-order chi connectivity index (χ1) is 15.7. The normalized spacial score (nSPS) is 13.5. The first kappa shape index (κ1) is 30.6.